The zero-order valence-corrected chi connectivity index (χ0v) is 18.9. The van der Waals surface area contributed by atoms with Crippen molar-refractivity contribution in [3.05, 3.63) is 96.1 Å². The van der Waals surface area contributed by atoms with Gasteiger partial charge in [0.05, 0.1) is 11.0 Å². The molecule has 3 aromatic carbocycles. The molecule has 0 aliphatic carbocycles. The molecular weight excluding hydrogens is 467 g/mol. The number of hydrogen-bond donors (Lipinski definition) is 1. The average molecular weight is 492 g/mol. The zero-order chi connectivity index (χ0) is 24.2. The molecule has 9 heteroatoms. The number of rotatable bonds is 7. The minimum atomic E-state index is -4.84. The van der Waals surface area contributed by atoms with Crippen LogP contribution in [0.25, 0.3) is 0 Å². The lowest BCUT2D eigenvalue weighted by Gasteiger charge is -2.35. The van der Waals surface area contributed by atoms with Gasteiger partial charge in [0.1, 0.15) is 5.75 Å². The van der Waals surface area contributed by atoms with Crippen molar-refractivity contribution in [1.29, 1.82) is 0 Å². The molecule has 1 saturated heterocycles. The molecule has 1 N–H and O–H groups in total. The number of benzene rings is 3. The Kier molecular flexibility index (Phi) is 7.25. The summed E-state index contributed by atoms with van der Waals surface area (Å²) >= 11 is 0. The molecule has 1 fully saturated rings. The van der Waals surface area contributed by atoms with Crippen molar-refractivity contribution < 1.29 is 31.1 Å². The third-order valence-corrected chi connectivity index (χ3v) is 7.23. The summed E-state index contributed by atoms with van der Waals surface area (Å²) in [6.07, 6.45) is -4.16. The molecule has 3 aromatic rings. The minimum Gasteiger partial charge on any atom is -0.406 e. The van der Waals surface area contributed by atoms with E-state index in [0.29, 0.717) is 19.4 Å². The fourth-order valence-corrected chi connectivity index (χ4v) is 5.50. The van der Waals surface area contributed by atoms with E-state index < -0.39 is 22.1 Å². The first-order valence-electron chi connectivity index (χ1n) is 10.8. The van der Waals surface area contributed by atoms with E-state index in [1.165, 1.54) is 0 Å². The molecule has 0 aromatic heterocycles. The predicted octanol–water partition coefficient (Wildman–Crippen LogP) is 5.24. The lowest BCUT2D eigenvalue weighted by molar-refractivity contribution is -0.274. The SMILES string of the molecule is O=S(=O)(N[C@H]1CCO[C@@H](C(c2ccccc2)c2ccccc2)C1)c1ccc(OC(F)(F)F)cc1. The van der Waals surface area contributed by atoms with Crippen LogP contribution in [0.5, 0.6) is 5.75 Å². The van der Waals surface area contributed by atoms with Crippen molar-refractivity contribution in [3.63, 3.8) is 0 Å². The summed E-state index contributed by atoms with van der Waals surface area (Å²) in [6.45, 7) is 0.381. The molecule has 0 amide bonds. The summed E-state index contributed by atoms with van der Waals surface area (Å²) in [5.74, 6) is -0.556. The van der Waals surface area contributed by atoms with Crippen molar-refractivity contribution in [3.8, 4) is 5.75 Å². The van der Waals surface area contributed by atoms with Gasteiger partial charge in [0.15, 0.2) is 0 Å². The number of alkyl halides is 3. The molecule has 34 heavy (non-hydrogen) atoms. The van der Waals surface area contributed by atoms with Gasteiger partial charge in [-0.3, -0.25) is 0 Å². The third kappa shape index (κ3) is 6.16. The predicted molar refractivity (Wildman–Crippen MR) is 121 cm³/mol. The number of ether oxygens (including phenoxy) is 2. The van der Waals surface area contributed by atoms with Crippen molar-refractivity contribution >= 4 is 10.0 Å². The molecule has 0 radical (unpaired) electrons. The van der Waals surface area contributed by atoms with Gasteiger partial charge in [0.25, 0.3) is 0 Å². The van der Waals surface area contributed by atoms with Crippen molar-refractivity contribution in [2.75, 3.05) is 6.61 Å². The highest BCUT2D eigenvalue weighted by Crippen LogP contribution is 2.34. The third-order valence-electron chi connectivity index (χ3n) is 5.69. The zero-order valence-electron chi connectivity index (χ0n) is 18.1. The first-order valence-corrected chi connectivity index (χ1v) is 12.3. The average Bonchev–Trinajstić information content (AvgIpc) is 2.80. The van der Waals surface area contributed by atoms with Gasteiger partial charge < -0.3 is 9.47 Å². The van der Waals surface area contributed by atoms with Crippen molar-refractivity contribution in [2.45, 2.75) is 42.2 Å². The Morgan fingerprint density at radius 1 is 0.882 bits per heavy atom. The smallest absolute Gasteiger partial charge is 0.406 e. The summed E-state index contributed by atoms with van der Waals surface area (Å²) in [7, 11) is -3.94. The summed E-state index contributed by atoms with van der Waals surface area (Å²) in [4.78, 5) is -0.132. The normalized spacial score (nSPS) is 19.2. The van der Waals surface area contributed by atoms with E-state index in [4.69, 9.17) is 4.74 Å². The lowest BCUT2D eigenvalue weighted by Crippen LogP contribution is -2.43. The standard InChI is InChI=1S/C25H24F3NO4S/c26-25(27,28)33-21-11-13-22(14-12-21)34(30,31)29-20-15-16-32-23(17-20)24(18-7-3-1-4-8-18)19-9-5-2-6-10-19/h1-14,20,23-24,29H,15-17H2/t20-,23+/m0/s1. The molecule has 180 valence electrons. The number of halogens is 3. The van der Waals surface area contributed by atoms with E-state index in [9.17, 15) is 21.6 Å². The van der Waals surface area contributed by atoms with Crippen LogP contribution in [0.2, 0.25) is 0 Å². The highest BCUT2D eigenvalue weighted by molar-refractivity contribution is 7.89. The van der Waals surface area contributed by atoms with E-state index in [1.807, 2.05) is 60.7 Å². The summed E-state index contributed by atoms with van der Waals surface area (Å²) in [5, 5.41) is 0. The lowest BCUT2D eigenvalue weighted by atomic mass is 9.83. The highest BCUT2D eigenvalue weighted by atomic mass is 32.2. The molecule has 1 aliphatic heterocycles. The van der Waals surface area contributed by atoms with E-state index in [1.54, 1.807) is 0 Å². The fourth-order valence-electron chi connectivity index (χ4n) is 4.22. The monoisotopic (exact) mass is 491 g/mol. The second kappa shape index (κ2) is 10.2. The Hall–Kier alpha value is -2.88. The van der Waals surface area contributed by atoms with Crippen LogP contribution in [-0.4, -0.2) is 33.5 Å². The second-order valence-corrected chi connectivity index (χ2v) is 9.78. The molecule has 5 nitrogen and oxygen atoms in total. The molecule has 2 atom stereocenters. The van der Waals surface area contributed by atoms with Gasteiger partial charge in [-0.15, -0.1) is 13.2 Å². The van der Waals surface area contributed by atoms with Gasteiger partial charge in [-0.05, 0) is 48.2 Å². The Morgan fingerprint density at radius 3 is 1.97 bits per heavy atom. The maximum atomic E-state index is 12.9. The first-order chi connectivity index (χ1) is 16.2. The van der Waals surface area contributed by atoms with Crippen LogP contribution in [-0.2, 0) is 14.8 Å². The van der Waals surface area contributed by atoms with Crippen molar-refractivity contribution in [2.24, 2.45) is 0 Å². The van der Waals surface area contributed by atoms with Crippen LogP contribution in [0.3, 0.4) is 0 Å². The summed E-state index contributed by atoms with van der Waals surface area (Å²) < 4.78 is 75.5. The molecule has 4 rings (SSSR count). The molecule has 1 aliphatic rings. The fraction of sp³-hybridized carbons (Fsp3) is 0.280. The Bertz CT molecular complexity index is 1130. The Labute approximate surface area is 196 Å². The van der Waals surface area contributed by atoms with E-state index in [2.05, 4.69) is 9.46 Å². The Morgan fingerprint density at radius 2 is 1.44 bits per heavy atom. The van der Waals surface area contributed by atoms with Gasteiger partial charge in [-0.25, -0.2) is 13.1 Å². The Balaban J connectivity index is 1.50. The molecule has 0 bridgehead atoms. The number of nitrogens with one attached hydrogen (secondary N) is 1. The van der Waals surface area contributed by atoms with Gasteiger partial charge in [0.2, 0.25) is 10.0 Å². The molecule has 0 unspecified atom stereocenters. The molecular formula is C25H24F3NO4S. The van der Waals surface area contributed by atoms with Crippen LogP contribution in [0.15, 0.2) is 89.8 Å². The van der Waals surface area contributed by atoms with Crippen LogP contribution >= 0.6 is 0 Å². The summed E-state index contributed by atoms with van der Waals surface area (Å²) in [5.41, 5.74) is 2.14. The minimum absolute atomic E-state index is 0.0755. The highest BCUT2D eigenvalue weighted by Gasteiger charge is 2.34. The van der Waals surface area contributed by atoms with Gasteiger partial charge in [0, 0.05) is 18.6 Å². The number of hydrogen-bond acceptors (Lipinski definition) is 4. The van der Waals surface area contributed by atoms with Crippen molar-refractivity contribution in [1.82, 2.24) is 4.72 Å². The van der Waals surface area contributed by atoms with E-state index in [-0.39, 0.29) is 23.0 Å². The number of sulfonamides is 1. The van der Waals surface area contributed by atoms with E-state index >= 15 is 0 Å². The van der Waals surface area contributed by atoms with Crippen LogP contribution in [0.4, 0.5) is 13.2 Å². The van der Waals surface area contributed by atoms with Gasteiger partial charge >= 0.3 is 6.36 Å². The van der Waals surface area contributed by atoms with Gasteiger partial charge in [-0.2, -0.15) is 0 Å². The van der Waals surface area contributed by atoms with Gasteiger partial charge in [-0.1, -0.05) is 60.7 Å². The maximum Gasteiger partial charge on any atom is 0.573 e. The summed E-state index contributed by atoms with van der Waals surface area (Å²) in [6, 6.07) is 23.6. The van der Waals surface area contributed by atoms with E-state index in [0.717, 1.165) is 35.4 Å². The molecule has 0 spiro atoms. The molecule has 0 saturated carbocycles. The maximum absolute atomic E-state index is 12.9. The quantitative estimate of drug-likeness (QED) is 0.491. The molecule has 1 heterocycles. The van der Waals surface area contributed by atoms with Crippen LogP contribution in [0.1, 0.15) is 29.9 Å². The van der Waals surface area contributed by atoms with Crippen LogP contribution in [0, 0.1) is 0 Å². The topological polar surface area (TPSA) is 64.6 Å². The van der Waals surface area contributed by atoms with Crippen LogP contribution < -0.4 is 9.46 Å². The first kappa shape index (κ1) is 24.3. The second-order valence-electron chi connectivity index (χ2n) is 8.07. The largest absolute Gasteiger partial charge is 0.573 e.